The maximum absolute atomic E-state index is 12.1. The van der Waals surface area contributed by atoms with Gasteiger partial charge in [0.2, 0.25) is 0 Å². The van der Waals surface area contributed by atoms with Crippen molar-refractivity contribution in [1.82, 2.24) is 15.1 Å². The second-order valence-corrected chi connectivity index (χ2v) is 6.92. The van der Waals surface area contributed by atoms with Gasteiger partial charge in [0.25, 0.3) is 5.91 Å². The Kier molecular flexibility index (Phi) is 6.30. The lowest BCUT2D eigenvalue weighted by Crippen LogP contribution is -2.45. The molecule has 3 rings (SSSR count). The number of carbonyl (C=O) groups is 1. The van der Waals surface area contributed by atoms with Crippen LogP contribution >= 0.6 is 0 Å². The number of amides is 1. The van der Waals surface area contributed by atoms with E-state index in [0.717, 1.165) is 45.0 Å². The lowest BCUT2D eigenvalue weighted by Gasteiger charge is -2.35. The fraction of sp³-hybridized carbons (Fsp3) is 0.450. The second-order valence-electron chi connectivity index (χ2n) is 6.92. The van der Waals surface area contributed by atoms with E-state index >= 15 is 0 Å². The molecule has 1 amide bonds. The van der Waals surface area contributed by atoms with E-state index in [1.54, 1.807) is 6.07 Å². The minimum absolute atomic E-state index is 0.146. The molecule has 0 unspecified atom stereocenters. The Bertz CT molecular complexity index is 691. The molecule has 1 N–H and O–H groups in total. The van der Waals surface area contributed by atoms with Crippen LogP contribution in [0.15, 0.2) is 46.9 Å². The van der Waals surface area contributed by atoms with Gasteiger partial charge in [0.15, 0.2) is 5.76 Å². The molecule has 140 valence electrons. The normalized spacial score (nSPS) is 15.4. The summed E-state index contributed by atoms with van der Waals surface area (Å²) in [6, 6.07) is 14.2. The van der Waals surface area contributed by atoms with Gasteiger partial charge in [0.1, 0.15) is 5.76 Å². The molecule has 1 fully saturated rings. The highest BCUT2D eigenvalue weighted by Crippen LogP contribution is 2.17. The number of hydrogen-bond acceptors (Lipinski definition) is 5. The number of benzene rings is 1. The van der Waals surface area contributed by atoms with Crippen molar-refractivity contribution < 1.29 is 9.21 Å². The summed E-state index contributed by atoms with van der Waals surface area (Å²) in [5.41, 5.74) is 1.28. The third kappa shape index (κ3) is 5.09. The van der Waals surface area contributed by atoms with Crippen molar-refractivity contribution in [3.63, 3.8) is 0 Å². The molecule has 6 nitrogen and oxygen atoms in total. The molecule has 1 aliphatic heterocycles. The number of furan rings is 1. The molecule has 1 saturated heterocycles. The van der Waals surface area contributed by atoms with Crippen LogP contribution in [0.2, 0.25) is 0 Å². The van der Waals surface area contributed by atoms with Crippen molar-refractivity contribution in [2.45, 2.75) is 6.54 Å². The van der Waals surface area contributed by atoms with Gasteiger partial charge in [-0.05, 0) is 38.4 Å². The fourth-order valence-corrected chi connectivity index (χ4v) is 3.09. The van der Waals surface area contributed by atoms with Crippen LogP contribution < -0.4 is 10.2 Å². The third-order valence-electron chi connectivity index (χ3n) is 4.60. The van der Waals surface area contributed by atoms with E-state index in [9.17, 15) is 4.79 Å². The SMILES string of the molecule is CN(C)CCNC(=O)c1ccc(CN2CCN(c3ccccc3)CC2)o1. The Morgan fingerprint density at radius 1 is 1.08 bits per heavy atom. The summed E-state index contributed by atoms with van der Waals surface area (Å²) in [6.45, 7) is 6.15. The summed E-state index contributed by atoms with van der Waals surface area (Å²) in [4.78, 5) is 18.9. The van der Waals surface area contributed by atoms with Crippen molar-refractivity contribution in [2.75, 3.05) is 58.3 Å². The lowest BCUT2D eigenvalue weighted by atomic mass is 10.2. The quantitative estimate of drug-likeness (QED) is 0.821. The number of likely N-dealkylation sites (N-methyl/N-ethyl adjacent to an activating group) is 1. The monoisotopic (exact) mass is 356 g/mol. The number of nitrogens with zero attached hydrogens (tertiary/aromatic N) is 3. The van der Waals surface area contributed by atoms with E-state index in [0.29, 0.717) is 12.3 Å². The second kappa shape index (κ2) is 8.87. The average molecular weight is 356 g/mol. The summed E-state index contributed by atoms with van der Waals surface area (Å²) in [7, 11) is 3.96. The number of nitrogens with one attached hydrogen (secondary N) is 1. The van der Waals surface area contributed by atoms with E-state index in [1.807, 2.05) is 31.1 Å². The maximum atomic E-state index is 12.1. The molecular formula is C20H28N4O2. The van der Waals surface area contributed by atoms with E-state index < -0.39 is 0 Å². The first-order valence-corrected chi connectivity index (χ1v) is 9.16. The molecule has 0 radical (unpaired) electrons. The van der Waals surface area contributed by atoms with Crippen LogP contribution in [-0.2, 0) is 6.54 Å². The molecule has 1 aromatic heterocycles. The van der Waals surface area contributed by atoms with Crippen molar-refractivity contribution in [1.29, 1.82) is 0 Å². The molecule has 0 aliphatic carbocycles. The highest BCUT2D eigenvalue weighted by molar-refractivity contribution is 5.91. The van der Waals surface area contributed by atoms with Crippen molar-refractivity contribution >= 4 is 11.6 Å². The predicted octanol–water partition coefficient (Wildman–Crippen LogP) is 1.89. The van der Waals surface area contributed by atoms with Gasteiger partial charge in [-0.2, -0.15) is 0 Å². The summed E-state index contributed by atoms with van der Waals surface area (Å²) < 4.78 is 5.74. The van der Waals surface area contributed by atoms with Crippen LogP contribution in [0.25, 0.3) is 0 Å². The minimum atomic E-state index is -0.146. The van der Waals surface area contributed by atoms with Gasteiger partial charge in [-0.15, -0.1) is 0 Å². The first kappa shape index (κ1) is 18.5. The third-order valence-corrected chi connectivity index (χ3v) is 4.60. The van der Waals surface area contributed by atoms with E-state index in [2.05, 4.69) is 39.4 Å². The van der Waals surface area contributed by atoms with Crippen LogP contribution in [0.4, 0.5) is 5.69 Å². The zero-order chi connectivity index (χ0) is 18.4. The highest BCUT2D eigenvalue weighted by atomic mass is 16.4. The average Bonchev–Trinajstić information content (AvgIpc) is 3.11. The molecule has 2 heterocycles. The summed E-state index contributed by atoms with van der Waals surface area (Å²) in [5, 5.41) is 2.88. The molecule has 6 heteroatoms. The van der Waals surface area contributed by atoms with Crippen molar-refractivity contribution in [3.05, 3.63) is 54.0 Å². The zero-order valence-corrected chi connectivity index (χ0v) is 15.6. The van der Waals surface area contributed by atoms with Crippen molar-refractivity contribution in [3.8, 4) is 0 Å². The Balaban J connectivity index is 1.45. The summed E-state index contributed by atoms with van der Waals surface area (Å²) >= 11 is 0. The van der Waals surface area contributed by atoms with Gasteiger partial charge in [-0.3, -0.25) is 9.69 Å². The lowest BCUT2D eigenvalue weighted by molar-refractivity contribution is 0.0919. The maximum Gasteiger partial charge on any atom is 0.287 e. The molecular weight excluding hydrogens is 328 g/mol. The molecule has 0 saturated carbocycles. The predicted molar refractivity (Wildman–Crippen MR) is 104 cm³/mol. The molecule has 0 atom stereocenters. The van der Waals surface area contributed by atoms with E-state index in [-0.39, 0.29) is 5.91 Å². The molecule has 26 heavy (non-hydrogen) atoms. The van der Waals surface area contributed by atoms with Gasteiger partial charge in [0.05, 0.1) is 6.54 Å². The molecule has 0 spiro atoms. The van der Waals surface area contributed by atoms with Crippen molar-refractivity contribution in [2.24, 2.45) is 0 Å². The Morgan fingerprint density at radius 3 is 2.50 bits per heavy atom. The molecule has 2 aromatic rings. The van der Waals surface area contributed by atoms with Gasteiger partial charge in [-0.25, -0.2) is 0 Å². The molecule has 0 bridgehead atoms. The number of hydrogen-bond donors (Lipinski definition) is 1. The largest absolute Gasteiger partial charge is 0.455 e. The topological polar surface area (TPSA) is 52.0 Å². The van der Waals surface area contributed by atoms with Crippen LogP contribution in [0.3, 0.4) is 0 Å². The Morgan fingerprint density at radius 2 is 1.81 bits per heavy atom. The minimum Gasteiger partial charge on any atom is -0.455 e. The van der Waals surface area contributed by atoms with Gasteiger partial charge in [-0.1, -0.05) is 18.2 Å². The molecule has 1 aromatic carbocycles. The van der Waals surface area contributed by atoms with E-state index in [4.69, 9.17) is 4.42 Å². The zero-order valence-electron chi connectivity index (χ0n) is 15.6. The summed E-state index contributed by atoms with van der Waals surface area (Å²) in [6.07, 6.45) is 0. The van der Waals surface area contributed by atoms with Gasteiger partial charge < -0.3 is 19.5 Å². The number of rotatable bonds is 7. The fourth-order valence-electron chi connectivity index (χ4n) is 3.09. The van der Waals surface area contributed by atoms with Crippen LogP contribution in [0.5, 0.6) is 0 Å². The number of piperazine rings is 1. The Labute approximate surface area is 155 Å². The van der Waals surface area contributed by atoms with Crippen LogP contribution in [-0.4, -0.2) is 69.1 Å². The number of anilines is 1. The van der Waals surface area contributed by atoms with Gasteiger partial charge in [0, 0.05) is 45.0 Å². The van der Waals surface area contributed by atoms with Crippen LogP contribution in [0.1, 0.15) is 16.3 Å². The highest BCUT2D eigenvalue weighted by Gasteiger charge is 2.19. The van der Waals surface area contributed by atoms with Gasteiger partial charge >= 0.3 is 0 Å². The molecule has 1 aliphatic rings. The smallest absolute Gasteiger partial charge is 0.287 e. The van der Waals surface area contributed by atoms with Crippen LogP contribution in [0, 0.1) is 0 Å². The number of para-hydroxylation sites is 1. The Hall–Kier alpha value is -2.31. The number of carbonyl (C=O) groups excluding carboxylic acids is 1. The first-order chi connectivity index (χ1) is 12.6. The van der Waals surface area contributed by atoms with E-state index in [1.165, 1.54) is 5.69 Å². The standard InChI is InChI=1S/C20H28N4O2/c1-22(2)11-10-21-20(25)19-9-8-18(26-19)16-23-12-14-24(15-13-23)17-6-4-3-5-7-17/h3-9H,10-16H2,1-2H3,(H,21,25). The summed E-state index contributed by atoms with van der Waals surface area (Å²) in [5.74, 6) is 1.09. The first-order valence-electron chi connectivity index (χ1n) is 9.16.